The lowest BCUT2D eigenvalue weighted by atomic mass is 10.2. The minimum Gasteiger partial charge on any atom is -0.491 e. The summed E-state index contributed by atoms with van der Waals surface area (Å²) < 4.78 is 33.2. The first kappa shape index (κ1) is 24.7. The summed E-state index contributed by atoms with van der Waals surface area (Å²) in [5.74, 6) is -0.889. The van der Waals surface area contributed by atoms with Gasteiger partial charge in [0.05, 0.1) is 27.6 Å². The molecule has 3 rings (SSSR count). The number of non-ortho nitro benzene ring substituents is 1. The van der Waals surface area contributed by atoms with E-state index in [-0.39, 0.29) is 40.7 Å². The lowest BCUT2D eigenvalue weighted by Crippen LogP contribution is -2.40. The summed E-state index contributed by atoms with van der Waals surface area (Å²) in [4.78, 5) is 21.4. The van der Waals surface area contributed by atoms with Crippen LogP contribution >= 0.6 is 0 Å². The van der Waals surface area contributed by atoms with Crippen molar-refractivity contribution in [2.45, 2.75) is 17.9 Å². The quantitative estimate of drug-likeness (QED) is 0.328. The Balaban J connectivity index is 1.83. The molecule has 1 atom stereocenters. The molecule has 3 aromatic rings. The van der Waals surface area contributed by atoms with Gasteiger partial charge in [-0.3, -0.25) is 14.4 Å². The molecule has 0 aliphatic heterocycles. The van der Waals surface area contributed by atoms with Crippen LogP contribution < -0.4 is 9.04 Å². The molecule has 0 aromatic heterocycles. The maximum atomic E-state index is 13.4. The lowest BCUT2D eigenvalue weighted by Gasteiger charge is -2.27. The van der Waals surface area contributed by atoms with Crippen molar-refractivity contribution in [3.63, 3.8) is 0 Å². The van der Waals surface area contributed by atoms with Crippen molar-refractivity contribution in [3.05, 3.63) is 94.0 Å². The highest BCUT2D eigenvalue weighted by Crippen LogP contribution is 2.25. The van der Waals surface area contributed by atoms with Crippen LogP contribution in [0.3, 0.4) is 0 Å². The van der Waals surface area contributed by atoms with Gasteiger partial charge in [0.1, 0.15) is 18.5 Å². The van der Waals surface area contributed by atoms with Crippen LogP contribution in [-0.4, -0.2) is 48.8 Å². The molecule has 1 unspecified atom stereocenters. The molecule has 0 radical (unpaired) electrons. The first-order valence-electron chi connectivity index (χ1n) is 10.1. The van der Waals surface area contributed by atoms with Gasteiger partial charge in [-0.1, -0.05) is 17.7 Å². The zero-order valence-corrected chi connectivity index (χ0v) is 18.9. The number of nitro groups is 1. The number of aliphatic hydroxyl groups is 1. The van der Waals surface area contributed by atoms with Crippen LogP contribution in [0.4, 0.5) is 11.4 Å². The normalized spacial score (nSPS) is 12.1. The van der Waals surface area contributed by atoms with Crippen molar-refractivity contribution in [3.8, 4) is 5.75 Å². The number of nitro benzene ring substituents is 1. The van der Waals surface area contributed by atoms with E-state index in [1.807, 2.05) is 6.92 Å². The molecule has 0 heterocycles. The number of nitrogens with zero attached hydrogens (tertiary/aromatic N) is 2. The number of carboxylic acid groups (broad SMARTS) is 1. The second-order valence-electron chi connectivity index (χ2n) is 7.42. The number of benzene rings is 3. The number of aromatic carboxylic acids is 1. The van der Waals surface area contributed by atoms with E-state index in [2.05, 4.69) is 0 Å². The molecule has 34 heavy (non-hydrogen) atoms. The molecule has 178 valence electrons. The van der Waals surface area contributed by atoms with Crippen LogP contribution in [0.2, 0.25) is 0 Å². The van der Waals surface area contributed by atoms with Crippen LogP contribution in [0.1, 0.15) is 15.9 Å². The third-order valence-electron chi connectivity index (χ3n) is 4.88. The van der Waals surface area contributed by atoms with Gasteiger partial charge < -0.3 is 14.9 Å². The number of rotatable bonds is 10. The molecular weight excluding hydrogens is 464 g/mol. The number of ether oxygens (including phenoxy) is 1. The van der Waals surface area contributed by atoms with Crippen molar-refractivity contribution >= 4 is 27.4 Å². The van der Waals surface area contributed by atoms with Gasteiger partial charge in [-0.05, 0) is 55.5 Å². The first-order chi connectivity index (χ1) is 16.1. The Morgan fingerprint density at radius 2 is 1.62 bits per heavy atom. The van der Waals surface area contributed by atoms with Crippen LogP contribution in [0, 0.1) is 17.0 Å². The monoisotopic (exact) mass is 486 g/mol. The van der Waals surface area contributed by atoms with Gasteiger partial charge in [-0.2, -0.15) is 0 Å². The molecule has 0 fully saturated rings. The van der Waals surface area contributed by atoms with E-state index in [9.17, 15) is 28.4 Å². The fraction of sp³-hybridized carbons (Fsp3) is 0.174. The van der Waals surface area contributed by atoms with Gasteiger partial charge in [-0.25, -0.2) is 13.2 Å². The smallest absolute Gasteiger partial charge is 0.335 e. The molecule has 0 aliphatic carbocycles. The minimum absolute atomic E-state index is 0.00361. The number of carbonyl (C=O) groups is 1. The number of aryl methyl sites for hydroxylation is 1. The Morgan fingerprint density at radius 3 is 2.15 bits per heavy atom. The number of aliphatic hydroxyl groups excluding tert-OH is 1. The number of hydrogen-bond acceptors (Lipinski definition) is 7. The topological polar surface area (TPSA) is 147 Å². The molecule has 2 N–H and O–H groups in total. The predicted molar refractivity (Wildman–Crippen MR) is 124 cm³/mol. The third-order valence-corrected chi connectivity index (χ3v) is 6.69. The molecule has 0 amide bonds. The maximum absolute atomic E-state index is 13.4. The summed E-state index contributed by atoms with van der Waals surface area (Å²) in [5, 5.41) is 30.4. The van der Waals surface area contributed by atoms with E-state index in [4.69, 9.17) is 9.84 Å². The van der Waals surface area contributed by atoms with Crippen molar-refractivity contribution in [1.29, 1.82) is 0 Å². The first-order valence-corrected chi connectivity index (χ1v) is 11.5. The van der Waals surface area contributed by atoms with E-state index in [1.165, 1.54) is 60.7 Å². The maximum Gasteiger partial charge on any atom is 0.335 e. The van der Waals surface area contributed by atoms with Gasteiger partial charge >= 0.3 is 5.97 Å². The summed E-state index contributed by atoms with van der Waals surface area (Å²) in [5.41, 5.74) is 0.902. The number of carboxylic acids is 1. The van der Waals surface area contributed by atoms with Crippen LogP contribution in [0.5, 0.6) is 5.75 Å². The largest absolute Gasteiger partial charge is 0.491 e. The number of hydrogen-bond donors (Lipinski definition) is 2. The van der Waals surface area contributed by atoms with E-state index in [1.54, 1.807) is 12.1 Å². The Hall–Kier alpha value is -3.96. The summed E-state index contributed by atoms with van der Waals surface area (Å²) in [6, 6.07) is 16.7. The number of anilines is 1. The van der Waals surface area contributed by atoms with Gasteiger partial charge in [-0.15, -0.1) is 0 Å². The van der Waals surface area contributed by atoms with Gasteiger partial charge in [0.2, 0.25) is 0 Å². The van der Waals surface area contributed by atoms with Crippen LogP contribution in [0.25, 0.3) is 0 Å². The summed E-state index contributed by atoms with van der Waals surface area (Å²) in [7, 11) is -4.10. The van der Waals surface area contributed by atoms with Crippen molar-refractivity contribution in [1.82, 2.24) is 0 Å². The van der Waals surface area contributed by atoms with E-state index in [0.717, 1.165) is 9.87 Å². The fourth-order valence-corrected chi connectivity index (χ4v) is 4.55. The molecule has 0 spiro atoms. The molecule has 10 nitrogen and oxygen atoms in total. The molecule has 11 heteroatoms. The van der Waals surface area contributed by atoms with Gasteiger partial charge in [0, 0.05) is 12.1 Å². The second-order valence-corrected chi connectivity index (χ2v) is 9.28. The van der Waals surface area contributed by atoms with Crippen LogP contribution in [0.15, 0.2) is 77.7 Å². The van der Waals surface area contributed by atoms with E-state index in [0.29, 0.717) is 0 Å². The minimum atomic E-state index is -4.10. The van der Waals surface area contributed by atoms with Crippen molar-refractivity contribution < 1.29 is 33.1 Å². The Morgan fingerprint density at radius 1 is 1.03 bits per heavy atom. The molecule has 0 bridgehead atoms. The zero-order valence-electron chi connectivity index (χ0n) is 18.1. The summed E-state index contributed by atoms with van der Waals surface area (Å²) >= 11 is 0. The van der Waals surface area contributed by atoms with Crippen molar-refractivity contribution in [2.24, 2.45) is 0 Å². The second kappa shape index (κ2) is 10.3. The molecular formula is C23H22N2O8S. The molecule has 0 aliphatic rings. The molecule has 3 aromatic carbocycles. The molecule has 0 saturated heterocycles. The van der Waals surface area contributed by atoms with E-state index < -0.39 is 27.0 Å². The Bertz CT molecular complexity index is 1260. The summed E-state index contributed by atoms with van der Waals surface area (Å²) in [6.45, 7) is 1.15. The Labute approximate surface area is 195 Å². The standard InChI is InChI=1S/C23H22N2O8S/c1-16-2-12-22(13-3-16)34(31,32)24(18-6-4-17(5-7-18)23(27)28)14-20(26)15-33-21-10-8-19(9-11-21)25(29)30/h2-13,20,26H,14-15H2,1H3,(H,27,28). The van der Waals surface area contributed by atoms with Gasteiger partial charge in [0.25, 0.3) is 15.7 Å². The summed E-state index contributed by atoms with van der Waals surface area (Å²) in [6.07, 6.45) is -1.27. The SMILES string of the molecule is Cc1ccc(S(=O)(=O)N(CC(O)COc2ccc([N+](=O)[O-])cc2)c2ccc(C(=O)O)cc2)cc1. The number of sulfonamides is 1. The average molecular weight is 487 g/mol. The highest BCUT2D eigenvalue weighted by atomic mass is 32.2. The zero-order chi connectivity index (χ0) is 24.9. The van der Waals surface area contributed by atoms with Crippen molar-refractivity contribution in [2.75, 3.05) is 17.5 Å². The predicted octanol–water partition coefficient (Wildman–Crippen LogP) is 3.24. The highest BCUT2D eigenvalue weighted by Gasteiger charge is 2.27. The Kier molecular flexibility index (Phi) is 7.49. The van der Waals surface area contributed by atoms with Crippen LogP contribution in [-0.2, 0) is 10.0 Å². The van der Waals surface area contributed by atoms with Gasteiger partial charge in [0.15, 0.2) is 0 Å². The fourth-order valence-electron chi connectivity index (χ4n) is 3.05. The lowest BCUT2D eigenvalue weighted by molar-refractivity contribution is -0.384. The molecule has 0 saturated carbocycles. The van der Waals surface area contributed by atoms with E-state index >= 15 is 0 Å². The highest BCUT2D eigenvalue weighted by molar-refractivity contribution is 7.92. The third kappa shape index (κ3) is 5.88. The average Bonchev–Trinajstić information content (AvgIpc) is 2.81.